The second kappa shape index (κ2) is 9.49. The highest BCUT2D eigenvalue weighted by Crippen LogP contribution is 2.29. The molecule has 0 spiro atoms. The summed E-state index contributed by atoms with van der Waals surface area (Å²) in [5.74, 6) is 1.43. The molecule has 1 amide bonds. The summed E-state index contributed by atoms with van der Waals surface area (Å²) in [7, 11) is 3.27. The first kappa shape index (κ1) is 19.3. The molecule has 5 heteroatoms. The van der Waals surface area contributed by atoms with E-state index < -0.39 is 0 Å². The van der Waals surface area contributed by atoms with E-state index in [1.165, 1.54) is 10.5 Å². The predicted molar refractivity (Wildman–Crippen MR) is 103 cm³/mol. The zero-order valence-electron chi connectivity index (χ0n) is 15.2. The maximum Gasteiger partial charge on any atom is 0.251 e. The summed E-state index contributed by atoms with van der Waals surface area (Å²) in [6.45, 7) is 4.47. The van der Waals surface area contributed by atoms with E-state index in [2.05, 4.69) is 36.5 Å². The highest BCUT2D eigenvalue weighted by molar-refractivity contribution is 7.98. The van der Waals surface area contributed by atoms with Gasteiger partial charge in [0.25, 0.3) is 5.91 Å². The molecule has 0 aliphatic rings. The normalized spacial score (nSPS) is 11.8. The molecular formula is C20H25NO3S. The molecule has 2 rings (SSSR count). The minimum absolute atomic E-state index is 0.0371. The van der Waals surface area contributed by atoms with Gasteiger partial charge in [-0.25, -0.2) is 0 Å². The average Bonchev–Trinajstić information content (AvgIpc) is 2.61. The van der Waals surface area contributed by atoms with Crippen LogP contribution in [0.2, 0.25) is 0 Å². The lowest BCUT2D eigenvalue weighted by molar-refractivity contribution is 0.0905. The monoisotopic (exact) mass is 359 g/mol. The molecule has 134 valence electrons. The van der Waals surface area contributed by atoms with Crippen molar-refractivity contribution < 1.29 is 14.3 Å². The van der Waals surface area contributed by atoms with Crippen LogP contribution in [-0.4, -0.2) is 32.8 Å². The van der Waals surface area contributed by atoms with Crippen LogP contribution < -0.4 is 10.1 Å². The topological polar surface area (TPSA) is 47.6 Å². The molecule has 0 aliphatic carbocycles. The molecular weight excluding hydrogens is 334 g/mol. The van der Waals surface area contributed by atoms with Crippen LogP contribution in [0.3, 0.4) is 0 Å². The number of thioether (sulfide) groups is 1. The summed E-state index contributed by atoms with van der Waals surface area (Å²) in [5.41, 5.74) is 2.87. The molecule has 0 fully saturated rings. The molecule has 2 aromatic carbocycles. The Hall–Kier alpha value is -1.98. The van der Waals surface area contributed by atoms with Gasteiger partial charge in [0, 0.05) is 34.9 Å². The van der Waals surface area contributed by atoms with Gasteiger partial charge in [0.1, 0.15) is 5.75 Å². The molecule has 1 N–H and O–H groups in total. The Balaban J connectivity index is 2.10. The van der Waals surface area contributed by atoms with Crippen LogP contribution in [0.4, 0.5) is 0 Å². The van der Waals surface area contributed by atoms with Crippen molar-refractivity contribution >= 4 is 17.7 Å². The summed E-state index contributed by atoms with van der Waals surface area (Å²) >= 11 is 1.72. The number of ether oxygens (including phenoxy) is 2. The minimum Gasteiger partial charge on any atom is -0.496 e. The van der Waals surface area contributed by atoms with Gasteiger partial charge in [-0.2, -0.15) is 0 Å². The van der Waals surface area contributed by atoms with Crippen molar-refractivity contribution in [1.29, 1.82) is 0 Å². The number of rotatable bonds is 8. The van der Waals surface area contributed by atoms with Gasteiger partial charge in [-0.15, -0.1) is 11.8 Å². The molecule has 0 saturated carbocycles. The number of methoxy groups -OCH3 is 2. The Morgan fingerprint density at radius 2 is 1.88 bits per heavy atom. The van der Waals surface area contributed by atoms with E-state index in [1.54, 1.807) is 32.0 Å². The lowest BCUT2D eigenvalue weighted by Gasteiger charge is -2.14. The van der Waals surface area contributed by atoms with Gasteiger partial charge in [-0.3, -0.25) is 4.79 Å². The molecule has 0 radical (unpaired) electrons. The second-order valence-corrected chi connectivity index (χ2v) is 7.01. The lowest BCUT2D eigenvalue weighted by atomic mass is 10.1. The van der Waals surface area contributed by atoms with Crippen molar-refractivity contribution in [3.8, 4) is 5.75 Å². The highest BCUT2D eigenvalue weighted by Gasteiger charge is 2.13. The fourth-order valence-corrected chi connectivity index (χ4v) is 3.30. The molecule has 0 bridgehead atoms. The molecule has 0 aromatic heterocycles. The fourth-order valence-electron chi connectivity index (χ4n) is 2.43. The Morgan fingerprint density at radius 3 is 2.52 bits per heavy atom. The van der Waals surface area contributed by atoms with E-state index in [0.29, 0.717) is 12.2 Å². The zero-order chi connectivity index (χ0) is 18.2. The van der Waals surface area contributed by atoms with Gasteiger partial charge < -0.3 is 14.8 Å². The van der Waals surface area contributed by atoms with Crippen molar-refractivity contribution in [2.24, 2.45) is 0 Å². The molecule has 0 heterocycles. The van der Waals surface area contributed by atoms with Gasteiger partial charge in [0.15, 0.2) is 0 Å². The molecule has 0 saturated heterocycles. The number of hydrogen-bond donors (Lipinski definition) is 1. The Bertz CT molecular complexity index is 701. The SMILES string of the molecule is COCC(C)NC(=O)c1ccc(OC)c(CSc2ccc(C)cc2)c1. The summed E-state index contributed by atoms with van der Waals surface area (Å²) in [5, 5.41) is 2.93. The first-order chi connectivity index (χ1) is 12.0. The van der Waals surface area contributed by atoms with E-state index in [-0.39, 0.29) is 11.9 Å². The van der Waals surface area contributed by atoms with Gasteiger partial charge in [-0.05, 0) is 44.2 Å². The summed E-state index contributed by atoms with van der Waals surface area (Å²) < 4.78 is 10.5. The van der Waals surface area contributed by atoms with E-state index >= 15 is 0 Å². The van der Waals surface area contributed by atoms with Crippen LogP contribution in [-0.2, 0) is 10.5 Å². The zero-order valence-corrected chi connectivity index (χ0v) is 16.0. The maximum absolute atomic E-state index is 12.4. The van der Waals surface area contributed by atoms with E-state index in [1.807, 2.05) is 19.1 Å². The average molecular weight is 359 g/mol. The van der Waals surface area contributed by atoms with Gasteiger partial charge in [0.05, 0.1) is 13.7 Å². The van der Waals surface area contributed by atoms with Crippen molar-refractivity contribution in [1.82, 2.24) is 5.32 Å². The van der Waals surface area contributed by atoms with Crippen LogP contribution in [0.5, 0.6) is 5.75 Å². The molecule has 2 aromatic rings. The third-order valence-corrected chi connectivity index (χ3v) is 4.81. The minimum atomic E-state index is -0.103. The smallest absolute Gasteiger partial charge is 0.251 e. The maximum atomic E-state index is 12.4. The summed E-state index contributed by atoms with van der Waals surface area (Å²) in [6, 6.07) is 13.9. The van der Waals surface area contributed by atoms with Crippen LogP contribution >= 0.6 is 11.8 Å². The molecule has 1 unspecified atom stereocenters. The standard InChI is InChI=1S/C20H25NO3S/c1-14-5-8-18(9-6-14)25-13-17-11-16(7-10-19(17)24-4)20(22)21-15(2)12-23-3/h5-11,15H,12-13H2,1-4H3,(H,21,22). The van der Waals surface area contributed by atoms with Crippen molar-refractivity contribution in [2.45, 2.75) is 30.5 Å². The first-order valence-electron chi connectivity index (χ1n) is 8.19. The van der Waals surface area contributed by atoms with E-state index in [9.17, 15) is 4.79 Å². The van der Waals surface area contributed by atoms with Crippen LogP contribution in [0, 0.1) is 6.92 Å². The van der Waals surface area contributed by atoms with Crippen molar-refractivity contribution in [3.05, 3.63) is 59.2 Å². The van der Waals surface area contributed by atoms with Gasteiger partial charge in [0.2, 0.25) is 0 Å². The number of benzene rings is 2. The number of aryl methyl sites for hydroxylation is 1. The fraction of sp³-hybridized carbons (Fsp3) is 0.350. The number of hydrogen-bond acceptors (Lipinski definition) is 4. The predicted octanol–water partition coefficient (Wildman–Crippen LogP) is 4.06. The lowest BCUT2D eigenvalue weighted by Crippen LogP contribution is -2.35. The highest BCUT2D eigenvalue weighted by atomic mass is 32.2. The number of nitrogens with one attached hydrogen (secondary N) is 1. The van der Waals surface area contributed by atoms with Crippen molar-refractivity contribution in [3.63, 3.8) is 0 Å². The van der Waals surface area contributed by atoms with Crippen molar-refractivity contribution in [2.75, 3.05) is 20.8 Å². The Kier molecular flexibility index (Phi) is 7.34. The van der Waals surface area contributed by atoms with Gasteiger partial charge >= 0.3 is 0 Å². The Labute approximate surface area is 153 Å². The van der Waals surface area contributed by atoms with Crippen LogP contribution in [0.1, 0.15) is 28.4 Å². The number of carbonyl (C=O) groups excluding carboxylic acids is 1. The van der Waals surface area contributed by atoms with Crippen LogP contribution in [0.25, 0.3) is 0 Å². The summed E-state index contributed by atoms with van der Waals surface area (Å²) in [6.07, 6.45) is 0. The third-order valence-electron chi connectivity index (χ3n) is 3.75. The molecule has 0 aliphatic heterocycles. The molecule has 4 nitrogen and oxygen atoms in total. The molecule has 1 atom stereocenters. The van der Waals surface area contributed by atoms with Gasteiger partial charge in [-0.1, -0.05) is 17.7 Å². The first-order valence-corrected chi connectivity index (χ1v) is 9.18. The second-order valence-electron chi connectivity index (χ2n) is 5.96. The molecule has 25 heavy (non-hydrogen) atoms. The third kappa shape index (κ3) is 5.80. The van der Waals surface area contributed by atoms with E-state index in [4.69, 9.17) is 9.47 Å². The van der Waals surface area contributed by atoms with E-state index in [0.717, 1.165) is 17.1 Å². The number of carbonyl (C=O) groups is 1. The largest absolute Gasteiger partial charge is 0.496 e. The summed E-state index contributed by atoms with van der Waals surface area (Å²) in [4.78, 5) is 13.6. The van der Waals surface area contributed by atoms with Crippen LogP contribution in [0.15, 0.2) is 47.4 Å². The Morgan fingerprint density at radius 1 is 1.16 bits per heavy atom. The quantitative estimate of drug-likeness (QED) is 0.722. The number of amides is 1.